The number of fused-ring (bicyclic) bond motifs is 1. The zero-order chi connectivity index (χ0) is 19.0. The van der Waals surface area contributed by atoms with E-state index in [-0.39, 0.29) is 5.02 Å². The van der Waals surface area contributed by atoms with Gasteiger partial charge in [-0.3, -0.25) is 0 Å². The van der Waals surface area contributed by atoms with Gasteiger partial charge in [0.25, 0.3) is 0 Å². The van der Waals surface area contributed by atoms with E-state index in [0.29, 0.717) is 24.1 Å². The van der Waals surface area contributed by atoms with E-state index in [4.69, 9.17) is 21.1 Å². The van der Waals surface area contributed by atoms with E-state index in [0.717, 1.165) is 27.6 Å². The second kappa shape index (κ2) is 6.96. The van der Waals surface area contributed by atoms with Gasteiger partial charge in [0, 0.05) is 18.9 Å². The molecule has 136 valence electrons. The molecule has 2 heterocycles. The number of nitrogens with one attached hydrogen (secondary N) is 1. The molecular formula is C20H16ClFN4O. The van der Waals surface area contributed by atoms with Gasteiger partial charge >= 0.3 is 0 Å². The molecule has 1 N–H and O–H groups in total. The van der Waals surface area contributed by atoms with Gasteiger partial charge in [-0.15, -0.1) is 0 Å². The lowest BCUT2D eigenvalue weighted by Gasteiger charge is -2.12. The number of hydrogen-bond donors (Lipinski definition) is 1. The van der Waals surface area contributed by atoms with Crippen molar-refractivity contribution < 1.29 is 8.91 Å². The van der Waals surface area contributed by atoms with Gasteiger partial charge in [0.15, 0.2) is 0 Å². The lowest BCUT2D eigenvalue weighted by molar-refractivity contribution is 0.394. The summed E-state index contributed by atoms with van der Waals surface area (Å²) in [6.07, 6.45) is 0. The highest BCUT2D eigenvalue weighted by Crippen LogP contribution is 2.30. The first-order valence-corrected chi connectivity index (χ1v) is 8.78. The van der Waals surface area contributed by atoms with Gasteiger partial charge in [-0.05, 0) is 36.2 Å². The maximum Gasteiger partial charge on any atom is 0.223 e. The zero-order valence-electron chi connectivity index (χ0n) is 14.8. The molecule has 0 bridgehead atoms. The predicted molar refractivity (Wildman–Crippen MR) is 103 cm³/mol. The number of hydrogen-bond acceptors (Lipinski definition) is 5. The van der Waals surface area contributed by atoms with Crippen LogP contribution in [0.5, 0.6) is 0 Å². The third kappa shape index (κ3) is 3.48. The van der Waals surface area contributed by atoms with E-state index in [2.05, 4.69) is 15.5 Å². The Morgan fingerprint density at radius 2 is 1.96 bits per heavy atom. The Kier molecular flexibility index (Phi) is 4.49. The standard InChI is InChI=1S/C20H16ClFN4O/c1-11-4-3-5-14-9-15(20-24-12(2)27-26-20)19(25-18(11)14)23-10-13-6-7-17(22)16(21)8-13/h3-9H,10H2,1-2H3,(H,23,25). The average Bonchev–Trinajstić information content (AvgIpc) is 3.09. The Bertz CT molecular complexity index is 1140. The largest absolute Gasteiger partial charge is 0.365 e. The van der Waals surface area contributed by atoms with E-state index >= 15 is 0 Å². The van der Waals surface area contributed by atoms with Crippen molar-refractivity contribution in [3.8, 4) is 11.4 Å². The molecule has 0 unspecified atom stereocenters. The summed E-state index contributed by atoms with van der Waals surface area (Å²) in [5.41, 5.74) is 3.53. The van der Waals surface area contributed by atoms with Crippen LogP contribution in [0, 0.1) is 19.7 Å². The third-order valence-corrected chi connectivity index (χ3v) is 4.55. The molecule has 2 aromatic carbocycles. The highest BCUT2D eigenvalue weighted by Gasteiger charge is 2.15. The monoisotopic (exact) mass is 382 g/mol. The Hall–Kier alpha value is -2.99. The Balaban J connectivity index is 1.76. The fourth-order valence-corrected chi connectivity index (χ4v) is 3.10. The number of benzene rings is 2. The molecule has 4 rings (SSSR count). The average molecular weight is 383 g/mol. The van der Waals surface area contributed by atoms with Crippen molar-refractivity contribution in [3.05, 3.63) is 70.3 Å². The summed E-state index contributed by atoms with van der Waals surface area (Å²) in [5.74, 6) is 1.12. The summed E-state index contributed by atoms with van der Waals surface area (Å²) in [6.45, 7) is 4.17. The highest BCUT2D eigenvalue weighted by molar-refractivity contribution is 6.30. The molecule has 4 aromatic rings. The number of anilines is 1. The van der Waals surface area contributed by atoms with Crippen molar-refractivity contribution in [2.45, 2.75) is 20.4 Å². The van der Waals surface area contributed by atoms with Crippen LogP contribution in [0.4, 0.5) is 10.2 Å². The van der Waals surface area contributed by atoms with Gasteiger partial charge < -0.3 is 9.84 Å². The fourth-order valence-electron chi connectivity index (χ4n) is 2.90. The van der Waals surface area contributed by atoms with Gasteiger partial charge in [-0.1, -0.05) is 41.0 Å². The molecule has 0 saturated heterocycles. The number of rotatable bonds is 4. The molecule has 0 atom stereocenters. The maximum absolute atomic E-state index is 13.4. The summed E-state index contributed by atoms with van der Waals surface area (Å²) in [6, 6.07) is 12.6. The first-order chi connectivity index (χ1) is 13.0. The minimum atomic E-state index is -0.442. The van der Waals surface area contributed by atoms with Crippen molar-refractivity contribution in [3.63, 3.8) is 0 Å². The van der Waals surface area contributed by atoms with E-state index in [1.807, 2.05) is 31.2 Å². The van der Waals surface area contributed by atoms with Crippen molar-refractivity contribution in [2.24, 2.45) is 0 Å². The van der Waals surface area contributed by atoms with Gasteiger partial charge in [-0.2, -0.15) is 4.98 Å². The minimum Gasteiger partial charge on any atom is -0.365 e. The topological polar surface area (TPSA) is 63.8 Å². The molecule has 5 nitrogen and oxygen atoms in total. The number of nitrogens with zero attached hydrogens (tertiary/aromatic N) is 3. The van der Waals surface area contributed by atoms with Crippen LogP contribution in [0.15, 0.2) is 47.0 Å². The quantitative estimate of drug-likeness (QED) is 0.518. The molecule has 0 radical (unpaired) electrons. The molecule has 0 aliphatic heterocycles. The van der Waals surface area contributed by atoms with Crippen LogP contribution < -0.4 is 5.32 Å². The lowest BCUT2D eigenvalue weighted by Crippen LogP contribution is -2.04. The smallest absolute Gasteiger partial charge is 0.223 e. The van der Waals surface area contributed by atoms with Crippen molar-refractivity contribution in [1.82, 2.24) is 15.1 Å². The number of para-hydroxylation sites is 1. The second-order valence-corrected chi connectivity index (χ2v) is 6.68. The fraction of sp³-hybridized carbons (Fsp3) is 0.150. The number of aryl methyl sites for hydroxylation is 2. The zero-order valence-corrected chi connectivity index (χ0v) is 15.5. The summed E-state index contributed by atoms with van der Waals surface area (Å²) < 4.78 is 18.5. The lowest BCUT2D eigenvalue weighted by atomic mass is 10.1. The van der Waals surface area contributed by atoms with E-state index < -0.39 is 5.82 Å². The molecule has 7 heteroatoms. The number of pyridine rings is 1. The Morgan fingerprint density at radius 3 is 2.70 bits per heavy atom. The second-order valence-electron chi connectivity index (χ2n) is 6.27. The van der Waals surface area contributed by atoms with Crippen molar-refractivity contribution >= 4 is 28.3 Å². The van der Waals surface area contributed by atoms with Crippen LogP contribution in [-0.4, -0.2) is 15.1 Å². The van der Waals surface area contributed by atoms with Gasteiger partial charge in [0.2, 0.25) is 11.7 Å². The van der Waals surface area contributed by atoms with Crippen LogP contribution in [0.25, 0.3) is 22.3 Å². The van der Waals surface area contributed by atoms with Crippen LogP contribution in [-0.2, 0) is 6.54 Å². The predicted octanol–water partition coefficient (Wildman–Crippen LogP) is 5.31. The summed E-state index contributed by atoms with van der Waals surface area (Å²) in [4.78, 5) is 9.10. The van der Waals surface area contributed by atoms with Gasteiger partial charge in [0.05, 0.1) is 16.1 Å². The molecule has 0 spiro atoms. The Morgan fingerprint density at radius 1 is 1.11 bits per heavy atom. The number of halogens is 2. The molecule has 0 aliphatic carbocycles. The van der Waals surface area contributed by atoms with Crippen molar-refractivity contribution in [1.29, 1.82) is 0 Å². The molecule has 0 amide bonds. The Labute approximate surface area is 160 Å². The van der Waals surface area contributed by atoms with E-state index in [9.17, 15) is 4.39 Å². The first-order valence-electron chi connectivity index (χ1n) is 8.40. The molecule has 2 aromatic heterocycles. The minimum absolute atomic E-state index is 0.0885. The summed E-state index contributed by atoms with van der Waals surface area (Å²) >= 11 is 5.87. The van der Waals surface area contributed by atoms with Crippen LogP contribution in [0.1, 0.15) is 17.0 Å². The third-order valence-electron chi connectivity index (χ3n) is 4.26. The van der Waals surface area contributed by atoms with Crippen LogP contribution in [0.2, 0.25) is 5.02 Å². The molecule has 0 saturated carbocycles. The highest BCUT2D eigenvalue weighted by atomic mass is 35.5. The number of aromatic nitrogens is 3. The molecule has 0 fully saturated rings. The van der Waals surface area contributed by atoms with Crippen molar-refractivity contribution in [2.75, 3.05) is 5.32 Å². The SMILES string of the molecule is Cc1nc(-c2cc3cccc(C)c3nc2NCc2ccc(F)c(Cl)c2)no1. The first kappa shape index (κ1) is 17.4. The van der Waals surface area contributed by atoms with Crippen LogP contribution in [0.3, 0.4) is 0 Å². The molecular weight excluding hydrogens is 367 g/mol. The summed E-state index contributed by atoms with van der Waals surface area (Å²) in [7, 11) is 0. The van der Waals surface area contributed by atoms with E-state index in [1.165, 1.54) is 6.07 Å². The molecule has 0 aliphatic rings. The van der Waals surface area contributed by atoms with E-state index in [1.54, 1.807) is 19.1 Å². The maximum atomic E-state index is 13.4. The summed E-state index contributed by atoms with van der Waals surface area (Å²) in [5, 5.41) is 8.39. The van der Waals surface area contributed by atoms with Gasteiger partial charge in [0.1, 0.15) is 11.6 Å². The normalized spacial score (nSPS) is 11.1. The van der Waals surface area contributed by atoms with Crippen LogP contribution >= 0.6 is 11.6 Å². The van der Waals surface area contributed by atoms with Gasteiger partial charge in [-0.25, -0.2) is 9.37 Å². The molecule has 27 heavy (non-hydrogen) atoms.